The van der Waals surface area contributed by atoms with Crippen LogP contribution in [0.5, 0.6) is 0 Å². The van der Waals surface area contributed by atoms with Gasteiger partial charge in [-0.05, 0) is 47.1 Å². The molecule has 0 radical (unpaired) electrons. The largest absolute Gasteiger partial charge is 0.744 e. The van der Waals surface area contributed by atoms with Crippen LogP contribution in [0, 0.1) is 0 Å². The second-order valence-electron chi connectivity index (χ2n) is 7.21. The summed E-state index contributed by atoms with van der Waals surface area (Å²) in [5.74, 6) is 0. The average Bonchev–Trinajstić information content (AvgIpc) is 2.68. The first kappa shape index (κ1) is 20.8. The van der Waals surface area contributed by atoms with Crippen molar-refractivity contribution in [2.75, 3.05) is 33.1 Å². The zero-order valence-corrected chi connectivity index (χ0v) is 17.8. The molecule has 6 heteroatoms. The molecule has 150 valence electrons. The smallest absolute Gasteiger partial charge is 0.199 e. The van der Waals surface area contributed by atoms with Crippen molar-refractivity contribution in [3.05, 3.63) is 89.5 Å². The van der Waals surface area contributed by atoms with Gasteiger partial charge in [0.1, 0.15) is 24.2 Å². The quantitative estimate of drug-likeness (QED) is 0.575. The lowest BCUT2D eigenvalue weighted by molar-refractivity contribution is -0.462. The fraction of sp³-hybridized carbons (Fsp3) is 0.174. The van der Waals surface area contributed by atoms with Gasteiger partial charge in [0, 0.05) is 37.5 Å². The van der Waals surface area contributed by atoms with Gasteiger partial charge in [0.25, 0.3) is 0 Å². The maximum absolute atomic E-state index is 11.9. The van der Waals surface area contributed by atoms with Gasteiger partial charge in [-0.3, -0.25) is 0 Å². The van der Waals surface area contributed by atoms with E-state index >= 15 is 0 Å². The molecule has 29 heavy (non-hydrogen) atoms. The van der Waals surface area contributed by atoms with Gasteiger partial charge in [0.2, 0.25) is 0 Å². The molecule has 1 aliphatic rings. The summed E-state index contributed by atoms with van der Waals surface area (Å²) < 4.78 is 37.8. The zero-order chi connectivity index (χ0) is 21.2. The van der Waals surface area contributed by atoms with Crippen LogP contribution in [0.3, 0.4) is 0 Å². The second kappa shape index (κ2) is 8.19. The van der Waals surface area contributed by atoms with Gasteiger partial charge < -0.3 is 9.45 Å². The van der Waals surface area contributed by atoms with Gasteiger partial charge in [0.05, 0.1) is 4.90 Å². The Morgan fingerprint density at radius 3 is 2.00 bits per heavy atom. The van der Waals surface area contributed by atoms with Gasteiger partial charge in [-0.15, -0.1) is 0 Å². The van der Waals surface area contributed by atoms with Crippen LogP contribution in [0.4, 0.5) is 5.69 Å². The summed E-state index contributed by atoms with van der Waals surface area (Å²) >= 11 is 0. The average molecular weight is 409 g/mol. The number of hydrogen-bond donors (Lipinski definition) is 0. The maximum Gasteiger partial charge on any atom is 0.199 e. The predicted molar refractivity (Wildman–Crippen MR) is 117 cm³/mol. The molecule has 1 aliphatic carbocycles. The van der Waals surface area contributed by atoms with Crippen molar-refractivity contribution >= 4 is 27.1 Å². The van der Waals surface area contributed by atoms with Crippen LogP contribution < -0.4 is 4.90 Å². The van der Waals surface area contributed by atoms with Crippen LogP contribution in [0.1, 0.15) is 11.1 Å². The molecule has 0 spiro atoms. The van der Waals surface area contributed by atoms with Crippen molar-refractivity contribution in [1.29, 1.82) is 0 Å². The van der Waals surface area contributed by atoms with Gasteiger partial charge in [-0.25, -0.2) is 13.0 Å². The Kier molecular flexibility index (Phi) is 5.86. The summed E-state index contributed by atoms with van der Waals surface area (Å²) in [6.45, 7) is 0. The van der Waals surface area contributed by atoms with Crippen molar-refractivity contribution in [3.8, 4) is 0 Å². The molecule has 5 nitrogen and oxygen atoms in total. The molecule has 0 amide bonds. The van der Waals surface area contributed by atoms with Crippen molar-refractivity contribution in [2.45, 2.75) is 4.90 Å². The number of hydrogen-bond acceptors (Lipinski definition) is 4. The first-order valence-electron chi connectivity index (χ1n) is 9.16. The van der Waals surface area contributed by atoms with Crippen LogP contribution in [0.2, 0.25) is 0 Å². The first-order valence-corrected chi connectivity index (χ1v) is 10.6. The third-order valence-corrected chi connectivity index (χ3v) is 5.67. The third kappa shape index (κ3) is 4.55. The molecule has 0 atom stereocenters. The summed E-state index contributed by atoms with van der Waals surface area (Å²) in [4.78, 5) is 1.77. The molecule has 0 unspecified atom stereocenters. The highest BCUT2D eigenvalue weighted by molar-refractivity contribution is 7.85. The van der Waals surface area contributed by atoms with E-state index in [-0.39, 0.29) is 4.90 Å². The summed E-state index contributed by atoms with van der Waals surface area (Å²) in [7, 11) is 3.20. The molecule has 0 aliphatic heterocycles. The van der Waals surface area contributed by atoms with E-state index in [0.717, 1.165) is 22.5 Å². The van der Waals surface area contributed by atoms with Crippen LogP contribution in [-0.2, 0) is 10.1 Å². The Bertz CT molecular complexity index is 1130. The lowest BCUT2D eigenvalue weighted by Gasteiger charge is -2.19. The summed E-state index contributed by atoms with van der Waals surface area (Å²) in [6, 6.07) is 14.2. The second-order valence-corrected chi connectivity index (χ2v) is 8.56. The Morgan fingerprint density at radius 2 is 1.48 bits per heavy atom. The van der Waals surface area contributed by atoms with Gasteiger partial charge in [-0.1, -0.05) is 30.3 Å². The molecule has 0 heterocycles. The van der Waals surface area contributed by atoms with Crippen molar-refractivity contribution < 1.29 is 17.5 Å². The maximum atomic E-state index is 11.9. The highest BCUT2D eigenvalue weighted by Gasteiger charge is 2.18. The van der Waals surface area contributed by atoms with E-state index in [2.05, 4.69) is 0 Å². The molecule has 0 aromatic heterocycles. The van der Waals surface area contributed by atoms with Crippen molar-refractivity contribution in [1.82, 2.24) is 0 Å². The Hall–Kier alpha value is -2.96. The minimum atomic E-state index is -4.62. The molecule has 3 rings (SSSR count). The summed E-state index contributed by atoms with van der Waals surface area (Å²) in [5, 5.41) is 0. The number of anilines is 1. The molecule has 0 N–H and O–H groups in total. The number of rotatable bonds is 4. The Balaban J connectivity index is 2.28. The molecular formula is C23H24N2O3S. The minimum Gasteiger partial charge on any atom is -0.744 e. The normalized spacial score (nSPS) is 13.6. The van der Waals surface area contributed by atoms with E-state index in [0.29, 0.717) is 11.1 Å². The monoisotopic (exact) mass is 408 g/mol. The van der Waals surface area contributed by atoms with Gasteiger partial charge >= 0.3 is 0 Å². The van der Waals surface area contributed by atoms with E-state index in [4.69, 9.17) is 0 Å². The lowest BCUT2D eigenvalue weighted by atomic mass is 9.90. The van der Waals surface area contributed by atoms with E-state index < -0.39 is 10.1 Å². The van der Waals surface area contributed by atoms with Crippen molar-refractivity contribution in [2.24, 2.45) is 0 Å². The molecule has 2 aromatic rings. The summed E-state index contributed by atoms with van der Waals surface area (Å²) in [5.41, 5.74) is 4.84. The van der Waals surface area contributed by atoms with E-state index in [1.165, 1.54) is 6.07 Å². The predicted octanol–water partition coefficient (Wildman–Crippen LogP) is 3.30. The standard InChI is InChI=1S/C23H24N2O3S/c1-24(2)19-13-9-17(10-14-19)23(18-11-15-20(16-12-18)25(3)4)21-7-5-6-8-22(21)29(26,27)28/h5-16H,1-4H3. The van der Waals surface area contributed by atoms with E-state index in [1.807, 2.05) is 86.2 Å². The minimum absolute atomic E-state index is 0.219. The molecule has 0 fully saturated rings. The molecule has 2 aromatic carbocycles. The van der Waals surface area contributed by atoms with Crippen LogP contribution in [0.15, 0.2) is 83.3 Å². The fourth-order valence-electron chi connectivity index (χ4n) is 3.22. The highest BCUT2D eigenvalue weighted by Crippen LogP contribution is 2.34. The third-order valence-electron chi connectivity index (χ3n) is 4.77. The fourth-order valence-corrected chi connectivity index (χ4v) is 3.91. The number of allylic oxidation sites excluding steroid dienone is 5. The van der Waals surface area contributed by atoms with E-state index in [1.54, 1.807) is 18.2 Å². The molecular weight excluding hydrogens is 384 g/mol. The van der Waals surface area contributed by atoms with Crippen molar-refractivity contribution in [3.63, 3.8) is 0 Å². The number of benzene rings is 2. The van der Waals surface area contributed by atoms with Crippen LogP contribution in [-0.4, -0.2) is 51.4 Å². The Morgan fingerprint density at radius 1 is 0.897 bits per heavy atom. The molecule has 0 bridgehead atoms. The molecule has 0 saturated heterocycles. The lowest BCUT2D eigenvalue weighted by Crippen LogP contribution is -2.11. The van der Waals surface area contributed by atoms with E-state index in [9.17, 15) is 13.0 Å². The zero-order valence-electron chi connectivity index (χ0n) is 17.0. The van der Waals surface area contributed by atoms with Gasteiger partial charge in [-0.2, -0.15) is 0 Å². The Labute approximate surface area is 172 Å². The van der Waals surface area contributed by atoms with Crippen LogP contribution in [0.25, 0.3) is 5.57 Å². The highest BCUT2D eigenvalue weighted by atomic mass is 32.2. The SMILES string of the molecule is CN(C)c1ccc(C(=C2C=CC(=[N+](C)C)C=C2)c2ccccc2S(=O)(=O)[O-])cc1. The summed E-state index contributed by atoms with van der Waals surface area (Å²) in [6.07, 6.45) is 7.83. The van der Waals surface area contributed by atoms with Gasteiger partial charge in [0.15, 0.2) is 5.71 Å². The molecule has 0 saturated carbocycles. The topological polar surface area (TPSA) is 63.5 Å². The van der Waals surface area contributed by atoms with Crippen LogP contribution >= 0.6 is 0 Å². The first-order chi connectivity index (χ1) is 13.7. The number of nitrogens with zero attached hydrogens (tertiary/aromatic N) is 2.